The van der Waals surface area contributed by atoms with Gasteiger partial charge in [-0.1, -0.05) is 13.8 Å². The Morgan fingerprint density at radius 1 is 1.58 bits per heavy atom. The SMILES string of the molecule is CCN1CC(C)CC(C(=O)O)C1. The first-order valence-corrected chi connectivity index (χ1v) is 4.58. The molecule has 0 aliphatic carbocycles. The van der Waals surface area contributed by atoms with Crippen LogP contribution in [0.3, 0.4) is 0 Å². The van der Waals surface area contributed by atoms with Crippen molar-refractivity contribution in [3.8, 4) is 0 Å². The minimum absolute atomic E-state index is 0.145. The van der Waals surface area contributed by atoms with Gasteiger partial charge in [0.1, 0.15) is 0 Å². The molecule has 2 atom stereocenters. The van der Waals surface area contributed by atoms with Gasteiger partial charge in [0, 0.05) is 13.1 Å². The zero-order chi connectivity index (χ0) is 9.14. The van der Waals surface area contributed by atoms with E-state index in [1.807, 2.05) is 0 Å². The fourth-order valence-corrected chi connectivity index (χ4v) is 1.90. The number of carbonyl (C=O) groups is 1. The van der Waals surface area contributed by atoms with Crippen molar-refractivity contribution in [1.29, 1.82) is 0 Å². The molecule has 0 aromatic rings. The third-order valence-electron chi connectivity index (χ3n) is 2.53. The standard InChI is InChI=1S/C9H17NO2/c1-3-10-5-7(2)4-8(6-10)9(11)12/h7-8H,3-6H2,1-2H3,(H,11,12). The summed E-state index contributed by atoms with van der Waals surface area (Å²) in [6.07, 6.45) is 0.839. The Labute approximate surface area is 73.4 Å². The molecule has 1 N–H and O–H groups in total. The van der Waals surface area contributed by atoms with Crippen LogP contribution in [-0.4, -0.2) is 35.6 Å². The largest absolute Gasteiger partial charge is 0.481 e. The predicted molar refractivity (Wildman–Crippen MR) is 47.0 cm³/mol. The summed E-state index contributed by atoms with van der Waals surface area (Å²) in [6, 6.07) is 0. The van der Waals surface area contributed by atoms with Crippen molar-refractivity contribution in [3.05, 3.63) is 0 Å². The van der Waals surface area contributed by atoms with E-state index in [0.29, 0.717) is 5.92 Å². The molecular weight excluding hydrogens is 154 g/mol. The van der Waals surface area contributed by atoms with E-state index in [4.69, 9.17) is 5.11 Å². The van der Waals surface area contributed by atoms with Gasteiger partial charge in [0.15, 0.2) is 0 Å². The van der Waals surface area contributed by atoms with Crippen molar-refractivity contribution in [3.63, 3.8) is 0 Å². The minimum atomic E-state index is -0.639. The molecule has 1 heterocycles. The van der Waals surface area contributed by atoms with Gasteiger partial charge in [-0.25, -0.2) is 0 Å². The van der Waals surface area contributed by atoms with Crippen molar-refractivity contribution in [2.24, 2.45) is 11.8 Å². The van der Waals surface area contributed by atoms with Crippen LogP contribution >= 0.6 is 0 Å². The highest BCUT2D eigenvalue weighted by atomic mass is 16.4. The number of carboxylic acid groups (broad SMARTS) is 1. The molecule has 1 saturated heterocycles. The molecule has 0 amide bonds. The van der Waals surface area contributed by atoms with E-state index in [-0.39, 0.29) is 5.92 Å². The van der Waals surface area contributed by atoms with E-state index < -0.39 is 5.97 Å². The maximum atomic E-state index is 10.7. The maximum Gasteiger partial charge on any atom is 0.307 e. The number of piperidine rings is 1. The zero-order valence-electron chi connectivity index (χ0n) is 7.79. The molecular formula is C9H17NO2. The third kappa shape index (κ3) is 2.21. The lowest BCUT2D eigenvalue weighted by Gasteiger charge is -2.33. The summed E-state index contributed by atoms with van der Waals surface area (Å²) in [5.74, 6) is -0.256. The highest BCUT2D eigenvalue weighted by Crippen LogP contribution is 2.21. The lowest BCUT2D eigenvalue weighted by molar-refractivity contribution is -0.144. The molecule has 0 aromatic heterocycles. The summed E-state index contributed by atoms with van der Waals surface area (Å²) < 4.78 is 0. The van der Waals surface area contributed by atoms with Crippen LogP contribution in [0.5, 0.6) is 0 Å². The second-order valence-corrected chi connectivity index (χ2v) is 3.73. The van der Waals surface area contributed by atoms with E-state index in [2.05, 4.69) is 18.7 Å². The van der Waals surface area contributed by atoms with E-state index in [1.54, 1.807) is 0 Å². The molecule has 2 unspecified atom stereocenters. The third-order valence-corrected chi connectivity index (χ3v) is 2.53. The van der Waals surface area contributed by atoms with Crippen LogP contribution in [0.1, 0.15) is 20.3 Å². The smallest absolute Gasteiger partial charge is 0.307 e. The van der Waals surface area contributed by atoms with Gasteiger partial charge in [0.05, 0.1) is 5.92 Å². The summed E-state index contributed by atoms with van der Waals surface area (Å²) >= 11 is 0. The molecule has 12 heavy (non-hydrogen) atoms. The number of rotatable bonds is 2. The Hall–Kier alpha value is -0.570. The molecule has 0 saturated carbocycles. The van der Waals surface area contributed by atoms with Crippen LogP contribution in [0, 0.1) is 11.8 Å². The second-order valence-electron chi connectivity index (χ2n) is 3.73. The molecule has 0 aromatic carbocycles. The monoisotopic (exact) mass is 171 g/mol. The van der Waals surface area contributed by atoms with Gasteiger partial charge in [0.25, 0.3) is 0 Å². The van der Waals surface area contributed by atoms with Gasteiger partial charge in [-0.2, -0.15) is 0 Å². The molecule has 1 aliphatic heterocycles. The van der Waals surface area contributed by atoms with Gasteiger partial charge >= 0.3 is 5.97 Å². The highest BCUT2D eigenvalue weighted by Gasteiger charge is 2.28. The minimum Gasteiger partial charge on any atom is -0.481 e. The van der Waals surface area contributed by atoms with Crippen molar-refractivity contribution in [1.82, 2.24) is 4.90 Å². The molecule has 0 spiro atoms. The lowest BCUT2D eigenvalue weighted by atomic mass is 9.90. The van der Waals surface area contributed by atoms with Gasteiger partial charge in [-0.15, -0.1) is 0 Å². The first-order valence-electron chi connectivity index (χ1n) is 4.58. The topological polar surface area (TPSA) is 40.5 Å². The Morgan fingerprint density at radius 2 is 2.25 bits per heavy atom. The molecule has 3 nitrogen and oxygen atoms in total. The first kappa shape index (κ1) is 9.52. The molecule has 0 radical (unpaired) electrons. The van der Waals surface area contributed by atoms with E-state index in [9.17, 15) is 4.79 Å². The molecule has 70 valence electrons. The van der Waals surface area contributed by atoms with Crippen molar-refractivity contribution in [2.45, 2.75) is 20.3 Å². The molecule has 1 rings (SSSR count). The molecule has 1 aliphatic rings. The summed E-state index contributed by atoms with van der Waals surface area (Å²) in [5.41, 5.74) is 0. The number of carboxylic acids is 1. The summed E-state index contributed by atoms with van der Waals surface area (Å²) in [7, 11) is 0. The van der Waals surface area contributed by atoms with Gasteiger partial charge in [-0.3, -0.25) is 4.79 Å². The van der Waals surface area contributed by atoms with Crippen LogP contribution in [0.15, 0.2) is 0 Å². The van der Waals surface area contributed by atoms with E-state index in [1.165, 1.54) is 0 Å². The van der Waals surface area contributed by atoms with Crippen molar-refractivity contribution in [2.75, 3.05) is 19.6 Å². The quantitative estimate of drug-likeness (QED) is 0.675. The fraction of sp³-hybridized carbons (Fsp3) is 0.889. The van der Waals surface area contributed by atoms with E-state index in [0.717, 1.165) is 26.1 Å². The Balaban J connectivity index is 2.51. The van der Waals surface area contributed by atoms with Crippen LogP contribution in [0.25, 0.3) is 0 Å². The normalized spacial score (nSPS) is 31.8. The average Bonchev–Trinajstić information content (AvgIpc) is 2.03. The summed E-state index contributed by atoms with van der Waals surface area (Å²) in [4.78, 5) is 12.9. The number of likely N-dealkylation sites (tertiary alicyclic amines) is 1. The van der Waals surface area contributed by atoms with Crippen molar-refractivity contribution >= 4 is 5.97 Å². The fourth-order valence-electron chi connectivity index (χ4n) is 1.90. The second kappa shape index (κ2) is 3.90. The molecule has 0 bridgehead atoms. The lowest BCUT2D eigenvalue weighted by Crippen LogP contribution is -2.42. The Morgan fingerprint density at radius 3 is 2.75 bits per heavy atom. The van der Waals surface area contributed by atoms with E-state index >= 15 is 0 Å². The van der Waals surface area contributed by atoms with Crippen LogP contribution in [0.2, 0.25) is 0 Å². The van der Waals surface area contributed by atoms with Gasteiger partial charge in [-0.05, 0) is 18.9 Å². The first-order chi connectivity index (χ1) is 5.63. The van der Waals surface area contributed by atoms with Crippen molar-refractivity contribution < 1.29 is 9.90 Å². The summed E-state index contributed by atoms with van der Waals surface area (Å²) in [6.45, 7) is 6.96. The number of hydrogen-bond acceptors (Lipinski definition) is 2. The molecule has 3 heteroatoms. The van der Waals surface area contributed by atoms with Gasteiger partial charge < -0.3 is 10.0 Å². The average molecular weight is 171 g/mol. The van der Waals surface area contributed by atoms with Crippen LogP contribution in [-0.2, 0) is 4.79 Å². The molecule has 1 fully saturated rings. The summed E-state index contributed by atoms with van der Waals surface area (Å²) in [5, 5.41) is 8.84. The maximum absolute atomic E-state index is 10.7. The van der Waals surface area contributed by atoms with Crippen LogP contribution in [0.4, 0.5) is 0 Å². The van der Waals surface area contributed by atoms with Gasteiger partial charge in [0.2, 0.25) is 0 Å². The Bertz CT molecular complexity index is 170. The highest BCUT2D eigenvalue weighted by molar-refractivity contribution is 5.70. The predicted octanol–water partition coefficient (Wildman–Crippen LogP) is 1.05. The number of hydrogen-bond donors (Lipinski definition) is 1. The zero-order valence-corrected chi connectivity index (χ0v) is 7.79. The number of aliphatic carboxylic acids is 1. The number of nitrogens with zero attached hydrogens (tertiary/aromatic N) is 1. The van der Waals surface area contributed by atoms with Crippen LogP contribution < -0.4 is 0 Å². The Kier molecular flexibility index (Phi) is 3.09.